The normalized spacial score (nSPS) is 18.4. The minimum absolute atomic E-state index is 0.218. The first kappa shape index (κ1) is 12.5. The molecule has 1 unspecified atom stereocenters. The van der Waals surface area contributed by atoms with Gasteiger partial charge in [0.2, 0.25) is 5.89 Å². The monoisotopic (exact) mass is 282 g/mol. The Balaban J connectivity index is 1.75. The highest BCUT2D eigenvalue weighted by Gasteiger charge is 2.21. The first-order chi connectivity index (χ1) is 10.3. The van der Waals surface area contributed by atoms with Crippen molar-refractivity contribution in [3.8, 4) is 11.1 Å². The number of halogens is 1. The van der Waals surface area contributed by atoms with Crippen LogP contribution < -0.4 is 5.32 Å². The van der Waals surface area contributed by atoms with Crippen LogP contribution in [0.15, 0.2) is 46.9 Å². The Kier molecular flexibility index (Phi) is 2.97. The lowest BCUT2D eigenvalue weighted by Gasteiger charge is -2.02. The lowest BCUT2D eigenvalue weighted by atomic mass is 10.1. The Morgan fingerprint density at radius 1 is 1.14 bits per heavy atom. The maximum atomic E-state index is 13.3. The number of oxazole rings is 1. The van der Waals surface area contributed by atoms with Crippen molar-refractivity contribution < 1.29 is 8.81 Å². The second-order valence-electron chi connectivity index (χ2n) is 5.39. The molecule has 0 aliphatic carbocycles. The third-order valence-corrected chi connectivity index (χ3v) is 3.92. The lowest BCUT2D eigenvalue weighted by Crippen LogP contribution is -2.12. The summed E-state index contributed by atoms with van der Waals surface area (Å²) in [4.78, 5) is 4.58. The van der Waals surface area contributed by atoms with Crippen LogP contribution in [0, 0.1) is 5.82 Å². The van der Waals surface area contributed by atoms with Crippen LogP contribution in [-0.2, 0) is 0 Å². The maximum Gasteiger partial charge on any atom is 0.212 e. The van der Waals surface area contributed by atoms with Crippen molar-refractivity contribution in [3.05, 3.63) is 54.2 Å². The molecule has 1 aromatic heterocycles. The lowest BCUT2D eigenvalue weighted by molar-refractivity contribution is 0.452. The van der Waals surface area contributed by atoms with Crippen molar-refractivity contribution in [2.45, 2.75) is 18.9 Å². The quantitative estimate of drug-likeness (QED) is 0.770. The molecule has 1 saturated heterocycles. The molecule has 2 aromatic carbocycles. The molecule has 0 amide bonds. The van der Waals surface area contributed by atoms with E-state index in [4.69, 9.17) is 4.42 Å². The summed E-state index contributed by atoms with van der Waals surface area (Å²) < 4.78 is 19.2. The Hall–Kier alpha value is -2.20. The van der Waals surface area contributed by atoms with E-state index in [1.54, 1.807) is 6.07 Å². The largest absolute Gasteiger partial charge is 0.439 e. The van der Waals surface area contributed by atoms with Crippen molar-refractivity contribution in [3.63, 3.8) is 0 Å². The number of aromatic nitrogens is 1. The molecule has 2 heterocycles. The molecule has 1 aliphatic rings. The fourth-order valence-electron chi connectivity index (χ4n) is 2.84. The number of hydrogen-bond acceptors (Lipinski definition) is 3. The zero-order valence-electron chi connectivity index (χ0n) is 11.5. The zero-order valence-corrected chi connectivity index (χ0v) is 11.5. The second kappa shape index (κ2) is 4.97. The van der Waals surface area contributed by atoms with Crippen molar-refractivity contribution in [2.75, 3.05) is 6.54 Å². The third kappa shape index (κ3) is 2.32. The van der Waals surface area contributed by atoms with Gasteiger partial charge in [-0.15, -0.1) is 0 Å². The van der Waals surface area contributed by atoms with Gasteiger partial charge in [-0.3, -0.25) is 0 Å². The van der Waals surface area contributed by atoms with Gasteiger partial charge >= 0.3 is 0 Å². The molecule has 3 aromatic rings. The zero-order chi connectivity index (χ0) is 14.2. The summed E-state index contributed by atoms with van der Waals surface area (Å²) in [6.45, 7) is 1.01. The summed E-state index contributed by atoms with van der Waals surface area (Å²) in [6.07, 6.45) is 2.21. The molecule has 0 spiro atoms. The standard InChI is InChI=1S/C17H15FN2O/c18-13-4-1-3-11(9-13)12-6-7-16-15(10-12)20-17(21-16)14-5-2-8-19-14/h1,3-4,6-7,9-10,14,19H,2,5,8H2. The fourth-order valence-corrected chi connectivity index (χ4v) is 2.84. The molecule has 4 heteroatoms. The van der Waals surface area contributed by atoms with Gasteiger partial charge in [-0.2, -0.15) is 0 Å². The average Bonchev–Trinajstić information content (AvgIpc) is 3.15. The predicted molar refractivity (Wildman–Crippen MR) is 79.4 cm³/mol. The van der Waals surface area contributed by atoms with E-state index in [-0.39, 0.29) is 11.9 Å². The minimum Gasteiger partial charge on any atom is -0.439 e. The third-order valence-electron chi connectivity index (χ3n) is 3.92. The molecule has 3 nitrogen and oxygen atoms in total. The van der Waals surface area contributed by atoms with Gasteiger partial charge in [-0.05, 0) is 54.8 Å². The van der Waals surface area contributed by atoms with E-state index >= 15 is 0 Å². The average molecular weight is 282 g/mol. The van der Waals surface area contributed by atoms with Crippen molar-refractivity contribution in [1.29, 1.82) is 0 Å². The molecular formula is C17H15FN2O. The highest BCUT2D eigenvalue weighted by atomic mass is 19.1. The molecule has 4 rings (SSSR count). The van der Waals surface area contributed by atoms with Crippen LogP contribution in [-0.4, -0.2) is 11.5 Å². The Morgan fingerprint density at radius 2 is 2.05 bits per heavy atom. The summed E-state index contributed by atoms with van der Waals surface area (Å²) >= 11 is 0. The molecule has 1 N–H and O–H groups in total. The Bertz CT molecular complexity index is 790. The minimum atomic E-state index is -0.233. The van der Waals surface area contributed by atoms with Crippen LogP contribution in [0.2, 0.25) is 0 Å². The van der Waals surface area contributed by atoms with E-state index in [2.05, 4.69) is 10.3 Å². The summed E-state index contributed by atoms with van der Waals surface area (Å²) in [5.41, 5.74) is 3.39. The summed E-state index contributed by atoms with van der Waals surface area (Å²) in [5, 5.41) is 3.38. The summed E-state index contributed by atoms with van der Waals surface area (Å²) in [7, 11) is 0. The molecule has 0 radical (unpaired) electrons. The van der Waals surface area contributed by atoms with Crippen LogP contribution >= 0.6 is 0 Å². The first-order valence-corrected chi connectivity index (χ1v) is 7.19. The van der Waals surface area contributed by atoms with Crippen molar-refractivity contribution in [1.82, 2.24) is 10.3 Å². The highest BCUT2D eigenvalue weighted by Crippen LogP contribution is 2.29. The molecular weight excluding hydrogens is 267 g/mol. The number of rotatable bonds is 2. The number of nitrogens with one attached hydrogen (secondary N) is 1. The van der Waals surface area contributed by atoms with Gasteiger partial charge in [-0.1, -0.05) is 18.2 Å². The molecule has 106 valence electrons. The van der Waals surface area contributed by atoms with Gasteiger partial charge in [-0.25, -0.2) is 9.37 Å². The molecule has 1 atom stereocenters. The van der Waals surface area contributed by atoms with Gasteiger partial charge in [0.15, 0.2) is 5.58 Å². The van der Waals surface area contributed by atoms with Crippen LogP contribution in [0.5, 0.6) is 0 Å². The van der Waals surface area contributed by atoms with Crippen LogP contribution in [0.4, 0.5) is 4.39 Å². The number of fused-ring (bicyclic) bond motifs is 1. The van der Waals surface area contributed by atoms with Gasteiger partial charge < -0.3 is 9.73 Å². The van der Waals surface area contributed by atoms with Gasteiger partial charge in [0.25, 0.3) is 0 Å². The van der Waals surface area contributed by atoms with Crippen molar-refractivity contribution >= 4 is 11.1 Å². The van der Waals surface area contributed by atoms with E-state index in [1.807, 2.05) is 24.3 Å². The van der Waals surface area contributed by atoms with Gasteiger partial charge in [0.1, 0.15) is 11.3 Å². The van der Waals surface area contributed by atoms with Crippen LogP contribution in [0.3, 0.4) is 0 Å². The first-order valence-electron chi connectivity index (χ1n) is 7.19. The maximum absolute atomic E-state index is 13.3. The SMILES string of the molecule is Fc1cccc(-c2ccc3oc(C4CCCN4)nc3c2)c1. The number of hydrogen-bond donors (Lipinski definition) is 1. The Morgan fingerprint density at radius 3 is 2.86 bits per heavy atom. The smallest absolute Gasteiger partial charge is 0.212 e. The second-order valence-corrected chi connectivity index (χ2v) is 5.39. The topological polar surface area (TPSA) is 38.1 Å². The van der Waals surface area contributed by atoms with Gasteiger partial charge in [0, 0.05) is 0 Å². The van der Waals surface area contributed by atoms with E-state index in [1.165, 1.54) is 12.1 Å². The fraction of sp³-hybridized carbons (Fsp3) is 0.235. The molecule has 0 bridgehead atoms. The molecule has 1 aliphatic heterocycles. The highest BCUT2D eigenvalue weighted by molar-refractivity contribution is 5.80. The van der Waals surface area contributed by atoms with E-state index in [0.717, 1.165) is 47.5 Å². The summed E-state index contributed by atoms with van der Waals surface area (Å²) in [5.74, 6) is 0.516. The predicted octanol–water partition coefficient (Wildman–Crippen LogP) is 4.06. The van der Waals surface area contributed by atoms with Crippen LogP contribution in [0.25, 0.3) is 22.2 Å². The van der Waals surface area contributed by atoms with E-state index in [9.17, 15) is 4.39 Å². The van der Waals surface area contributed by atoms with Crippen LogP contribution in [0.1, 0.15) is 24.8 Å². The molecule has 21 heavy (non-hydrogen) atoms. The number of nitrogens with zero attached hydrogens (tertiary/aromatic N) is 1. The Labute approximate surface area is 121 Å². The van der Waals surface area contributed by atoms with E-state index < -0.39 is 0 Å². The number of benzene rings is 2. The molecule has 0 saturated carbocycles. The van der Waals surface area contributed by atoms with Gasteiger partial charge in [0.05, 0.1) is 6.04 Å². The van der Waals surface area contributed by atoms with E-state index in [0.29, 0.717) is 0 Å². The summed E-state index contributed by atoms with van der Waals surface area (Å²) in [6, 6.07) is 12.6. The van der Waals surface area contributed by atoms with Crippen molar-refractivity contribution in [2.24, 2.45) is 0 Å². The molecule has 1 fully saturated rings.